The van der Waals surface area contributed by atoms with Gasteiger partial charge in [0.1, 0.15) is 11.9 Å². The highest BCUT2D eigenvalue weighted by molar-refractivity contribution is 6.35. The van der Waals surface area contributed by atoms with E-state index in [1.807, 2.05) is 61.1 Å². The maximum Gasteiger partial charge on any atom is 0.124 e. The van der Waals surface area contributed by atoms with Crippen molar-refractivity contribution in [2.24, 2.45) is 7.05 Å². The van der Waals surface area contributed by atoms with Crippen LogP contribution in [0.2, 0.25) is 10.0 Å². The van der Waals surface area contributed by atoms with Crippen LogP contribution in [-0.2, 0) is 18.3 Å². The molecule has 1 fully saturated rings. The molecule has 4 heterocycles. The summed E-state index contributed by atoms with van der Waals surface area (Å²) in [6, 6.07) is 9.86. The second kappa shape index (κ2) is 10.9. The van der Waals surface area contributed by atoms with Crippen LogP contribution in [0.1, 0.15) is 35.7 Å². The molecule has 10 heteroatoms. The Bertz CT molecular complexity index is 1360. The van der Waals surface area contributed by atoms with Crippen molar-refractivity contribution >= 4 is 46.3 Å². The smallest absolute Gasteiger partial charge is 0.124 e. The summed E-state index contributed by atoms with van der Waals surface area (Å²) in [5.41, 5.74) is 4.21. The van der Waals surface area contributed by atoms with Gasteiger partial charge >= 0.3 is 0 Å². The molecule has 1 aliphatic rings. The minimum absolute atomic E-state index is 0.354. The summed E-state index contributed by atoms with van der Waals surface area (Å²) in [7, 11) is 1.92. The van der Waals surface area contributed by atoms with Gasteiger partial charge in [-0.05, 0) is 49.4 Å². The largest absolute Gasteiger partial charge is 0.486 e. The molecular formula is C26H26Cl2N6O2. The predicted molar refractivity (Wildman–Crippen MR) is 141 cm³/mol. The number of morpholine rings is 1. The van der Waals surface area contributed by atoms with E-state index in [1.165, 1.54) is 0 Å². The quantitative estimate of drug-likeness (QED) is 0.328. The third-order valence-electron chi connectivity index (χ3n) is 6.10. The lowest BCUT2D eigenvalue weighted by molar-refractivity contribution is 0.0335. The summed E-state index contributed by atoms with van der Waals surface area (Å²) in [6.07, 6.45) is 6.63. The van der Waals surface area contributed by atoms with E-state index in [0.717, 1.165) is 60.8 Å². The SMILES string of the molecule is CC(Oc1ccc2c(c1)c(/C=C/c1ccc(CN3CCOCC3)nn1)nn2C)c1c(Cl)cncc1Cl. The molecule has 4 aromatic rings. The van der Waals surface area contributed by atoms with E-state index in [4.69, 9.17) is 32.7 Å². The van der Waals surface area contributed by atoms with Gasteiger partial charge in [0.2, 0.25) is 0 Å². The summed E-state index contributed by atoms with van der Waals surface area (Å²) in [5.74, 6) is 0.689. The summed E-state index contributed by atoms with van der Waals surface area (Å²) in [4.78, 5) is 6.33. The van der Waals surface area contributed by atoms with Crippen molar-refractivity contribution in [3.8, 4) is 5.75 Å². The molecule has 36 heavy (non-hydrogen) atoms. The van der Waals surface area contributed by atoms with Crippen LogP contribution in [0.15, 0.2) is 42.7 Å². The molecule has 186 valence electrons. The number of fused-ring (bicyclic) bond motifs is 1. The third kappa shape index (κ3) is 5.52. The minimum atomic E-state index is -0.354. The second-order valence-electron chi connectivity index (χ2n) is 8.64. The van der Waals surface area contributed by atoms with Gasteiger partial charge in [0.15, 0.2) is 0 Å². The number of halogens is 2. The molecule has 0 bridgehead atoms. The summed E-state index contributed by atoms with van der Waals surface area (Å²) in [6.45, 7) is 6.06. The Kier molecular flexibility index (Phi) is 7.48. The number of aryl methyl sites for hydroxylation is 1. The van der Waals surface area contributed by atoms with Crippen molar-refractivity contribution in [1.82, 2.24) is 29.9 Å². The fourth-order valence-electron chi connectivity index (χ4n) is 4.24. The van der Waals surface area contributed by atoms with E-state index in [0.29, 0.717) is 21.4 Å². The Morgan fingerprint density at radius 3 is 2.56 bits per heavy atom. The Morgan fingerprint density at radius 2 is 1.83 bits per heavy atom. The van der Waals surface area contributed by atoms with Gasteiger partial charge in [-0.2, -0.15) is 15.3 Å². The Balaban J connectivity index is 1.33. The van der Waals surface area contributed by atoms with Crippen LogP contribution >= 0.6 is 23.2 Å². The average Bonchev–Trinajstić information content (AvgIpc) is 3.19. The van der Waals surface area contributed by atoms with E-state index < -0.39 is 0 Å². The topological polar surface area (TPSA) is 78.2 Å². The Labute approximate surface area is 219 Å². The number of aromatic nitrogens is 5. The lowest BCUT2D eigenvalue weighted by Crippen LogP contribution is -2.35. The lowest BCUT2D eigenvalue weighted by atomic mass is 10.1. The average molecular weight is 525 g/mol. The van der Waals surface area contributed by atoms with Crippen LogP contribution in [0.5, 0.6) is 5.75 Å². The molecule has 1 unspecified atom stereocenters. The van der Waals surface area contributed by atoms with E-state index in [9.17, 15) is 0 Å². The molecule has 1 saturated heterocycles. The number of hydrogen-bond donors (Lipinski definition) is 0. The Hall–Kier alpha value is -3.04. The van der Waals surface area contributed by atoms with Crippen molar-refractivity contribution < 1.29 is 9.47 Å². The van der Waals surface area contributed by atoms with E-state index in [2.05, 4.69) is 25.2 Å². The Morgan fingerprint density at radius 1 is 1.06 bits per heavy atom. The first-order valence-electron chi connectivity index (χ1n) is 11.7. The van der Waals surface area contributed by atoms with Crippen LogP contribution in [0, 0.1) is 0 Å². The van der Waals surface area contributed by atoms with Gasteiger partial charge < -0.3 is 9.47 Å². The standard InChI is InChI=1S/C26H26Cl2N6O2/c1-17(26-22(27)14-29-15-23(26)28)36-20-6-8-25-21(13-20)24(32-33(25)2)7-5-18-3-4-19(31-30-18)16-34-9-11-35-12-10-34/h3-8,13-15,17H,9-12,16H2,1-2H3/b7-5+. The number of ether oxygens (including phenoxy) is 2. The molecule has 0 spiro atoms. The monoisotopic (exact) mass is 524 g/mol. The minimum Gasteiger partial charge on any atom is -0.486 e. The van der Waals surface area contributed by atoms with Crippen molar-refractivity contribution in [3.63, 3.8) is 0 Å². The molecule has 1 atom stereocenters. The molecule has 0 amide bonds. The van der Waals surface area contributed by atoms with Crippen LogP contribution in [0.3, 0.4) is 0 Å². The van der Waals surface area contributed by atoms with Crippen LogP contribution in [-0.4, -0.2) is 56.2 Å². The highest BCUT2D eigenvalue weighted by Crippen LogP contribution is 2.33. The maximum absolute atomic E-state index is 6.30. The molecular weight excluding hydrogens is 499 g/mol. The first-order chi connectivity index (χ1) is 17.5. The zero-order valence-electron chi connectivity index (χ0n) is 20.1. The van der Waals surface area contributed by atoms with Crippen molar-refractivity contribution in [3.05, 3.63) is 75.4 Å². The lowest BCUT2D eigenvalue weighted by Gasteiger charge is -2.25. The first kappa shape index (κ1) is 24.6. The van der Waals surface area contributed by atoms with Crippen molar-refractivity contribution in [1.29, 1.82) is 0 Å². The zero-order chi connectivity index (χ0) is 25.1. The number of hydrogen-bond acceptors (Lipinski definition) is 7. The van der Waals surface area contributed by atoms with Gasteiger partial charge in [-0.25, -0.2) is 0 Å². The number of rotatable bonds is 7. The van der Waals surface area contributed by atoms with Crippen molar-refractivity contribution in [2.75, 3.05) is 26.3 Å². The van der Waals surface area contributed by atoms with Crippen LogP contribution in [0.25, 0.3) is 23.1 Å². The van der Waals surface area contributed by atoms with Crippen LogP contribution in [0.4, 0.5) is 0 Å². The summed E-state index contributed by atoms with van der Waals surface area (Å²) >= 11 is 12.6. The number of nitrogens with zero attached hydrogens (tertiary/aromatic N) is 6. The number of benzene rings is 1. The van der Waals surface area contributed by atoms with E-state index in [1.54, 1.807) is 12.4 Å². The van der Waals surface area contributed by atoms with Crippen LogP contribution < -0.4 is 4.74 Å². The molecule has 0 radical (unpaired) electrons. The third-order valence-corrected chi connectivity index (χ3v) is 6.70. The summed E-state index contributed by atoms with van der Waals surface area (Å²) < 4.78 is 13.4. The molecule has 0 aliphatic carbocycles. The van der Waals surface area contributed by atoms with E-state index in [-0.39, 0.29) is 6.10 Å². The summed E-state index contributed by atoms with van der Waals surface area (Å²) in [5, 5.41) is 15.3. The second-order valence-corrected chi connectivity index (χ2v) is 9.45. The molecule has 1 aliphatic heterocycles. The van der Waals surface area contributed by atoms with Gasteiger partial charge in [0, 0.05) is 50.0 Å². The highest BCUT2D eigenvalue weighted by atomic mass is 35.5. The fraction of sp³-hybridized carbons (Fsp3) is 0.308. The first-order valence-corrected chi connectivity index (χ1v) is 12.5. The van der Waals surface area contributed by atoms with E-state index >= 15 is 0 Å². The number of pyridine rings is 1. The predicted octanol–water partition coefficient (Wildman–Crippen LogP) is 5.21. The van der Waals surface area contributed by atoms with Gasteiger partial charge in [-0.3, -0.25) is 14.6 Å². The molecule has 0 saturated carbocycles. The fourth-order valence-corrected chi connectivity index (χ4v) is 4.91. The molecule has 0 N–H and O–H groups in total. The molecule has 3 aromatic heterocycles. The maximum atomic E-state index is 6.30. The van der Waals surface area contributed by atoms with Gasteiger partial charge in [-0.15, -0.1) is 0 Å². The van der Waals surface area contributed by atoms with Gasteiger partial charge in [0.25, 0.3) is 0 Å². The van der Waals surface area contributed by atoms with Gasteiger partial charge in [-0.1, -0.05) is 23.2 Å². The molecule has 1 aromatic carbocycles. The molecule has 8 nitrogen and oxygen atoms in total. The van der Waals surface area contributed by atoms with Gasteiger partial charge in [0.05, 0.1) is 45.9 Å². The normalized spacial score (nSPS) is 15.6. The highest BCUT2D eigenvalue weighted by Gasteiger charge is 2.17. The zero-order valence-corrected chi connectivity index (χ0v) is 21.6. The molecule has 5 rings (SSSR count). The van der Waals surface area contributed by atoms with Crippen molar-refractivity contribution in [2.45, 2.75) is 19.6 Å².